The molecule has 2 atom stereocenters. The number of carbonyl (C=O) groups excluding carboxylic acids is 2. The molecule has 5 heteroatoms. The van der Waals surface area contributed by atoms with Gasteiger partial charge in [0.25, 0.3) is 5.91 Å². The molecule has 0 bridgehead atoms. The largest absolute Gasteiger partial charge is 0.338 e. The van der Waals surface area contributed by atoms with Gasteiger partial charge in [-0.2, -0.15) is 0 Å². The number of nitrogens with zero attached hydrogens (tertiary/aromatic N) is 2. The Bertz CT molecular complexity index is 720. The smallest absolute Gasteiger partial charge is 0.253 e. The molecule has 1 aromatic rings. The third kappa shape index (κ3) is 4.66. The highest BCUT2D eigenvalue weighted by Crippen LogP contribution is 2.35. The Hall–Kier alpha value is -1.88. The molecular formula is C24H37N3O2. The van der Waals surface area contributed by atoms with Gasteiger partial charge in [0, 0.05) is 38.0 Å². The van der Waals surface area contributed by atoms with Crippen LogP contribution in [-0.2, 0) is 4.79 Å². The summed E-state index contributed by atoms with van der Waals surface area (Å²) in [5, 5.41) is 3.71. The van der Waals surface area contributed by atoms with Gasteiger partial charge in [-0.15, -0.1) is 0 Å². The van der Waals surface area contributed by atoms with Crippen molar-refractivity contribution in [1.29, 1.82) is 0 Å². The summed E-state index contributed by atoms with van der Waals surface area (Å²) in [5.74, 6) is 1.29. The second-order valence-corrected chi connectivity index (χ2v) is 9.48. The van der Waals surface area contributed by atoms with Gasteiger partial charge in [0.2, 0.25) is 5.91 Å². The number of carbonyl (C=O) groups is 2. The van der Waals surface area contributed by atoms with E-state index in [-0.39, 0.29) is 23.5 Å². The number of aryl methyl sites for hydroxylation is 1. The van der Waals surface area contributed by atoms with E-state index < -0.39 is 0 Å². The van der Waals surface area contributed by atoms with Crippen LogP contribution >= 0.6 is 0 Å². The lowest BCUT2D eigenvalue weighted by Crippen LogP contribution is -2.60. The fourth-order valence-electron chi connectivity index (χ4n) is 4.57. The lowest BCUT2D eigenvalue weighted by atomic mass is 9.94. The number of hydrogen-bond donors (Lipinski definition) is 1. The summed E-state index contributed by atoms with van der Waals surface area (Å²) in [4.78, 5) is 30.2. The van der Waals surface area contributed by atoms with Crippen molar-refractivity contribution in [2.24, 2.45) is 11.8 Å². The second kappa shape index (κ2) is 8.86. The molecule has 2 aliphatic rings. The standard InChI is InChI=1S/C24H37N3O2/c1-6-18(4)16-27-23(29)21(15-17(2)3)25-24(27)11-13-26(14-12-24)22(28)20-9-7-19(5)8-10-20/h7-10,17-18,21,25H,6,11-16H2,1-5H3. The van der Waals surface area contributed by atoms with Crippen molar-refractivity contribution in [2.75, 3.05) is 19.6 Å². The van der Waals surface area contributed by atoms with Crippen molar-refractivity contribution >= 4 is 11.8 Å². The molecule has 29 heavy (non-hydrogen) atoms. The molecule has 2 aliphatic heterocycles. The van der Waals surface area contributed by atoms with Crippen LogP contribution in [0.25, 0.3) is 0 Å². The zero-order valence-corrected chi connectivity index (χ0v) is 18.7. The van der Waals surface area contributed by atoms with E-state index in [1.807, 2.05) is 36.1 Å². The molecule has 2 heterocycles. The topological polar surface area (TPSA) is 52.7 Å². The van der Waals surface area contributed by atoms with Gasteiger partial charge in [0.05, 0.1) is 11.7 Å². The maximum atomic E-state index is 13.2. The van der Waals surface area contributed by atoms with Crippen molar-refractivity contribution in [3.63, 3.8) is 0 Å². The summed E-state index contributed by atoms with van der Waals surface area (Å²) < 4.78 is 0. The molecule has 0 saturated carbocycles. The SMILES string of the molecule is CCC(C)CN1C(=O)C(CC(C)C)NC12CCN(C(=O)c1ccc(C)cc1)CC2. The fraction of sp³-hybridized carbons (Fsp3) is 0.667. The molecule has 1 N–H and O–H groups in total. The van der Waals surface area contributed by atoms with E-state index in [9.17, 15) is 9.59 Å². The number of amides is 2. The Morgan fingerprint density at radius 3 is 2.34 bits per heavy atom. The van der Waals surface area contributed by atoms with Gasteiger partial charge in [-0.3, -0.25) is 14.9 Å². The third-order valence-electron chi connectivity index (χ3n) is 6.60. The first kappa shape index (κ1) is 21.8. The second-order valence-electron chi connectivity index (χ2n) is 9.48. The number of benzene rings is 1. The van der Waals surface area contributed by atoms with Crippen LogP contribution in [0.4, 0.5) is 0 Å². The van der Waals surface area contributed by atoms with Crippen LogP contribution in [0.15, 0.2) is 24.3 Å². The van der Waals surface area contributed by atoms with E-state index in [1.165, 1.54) is 0 Å². The monoisotopic (exact) mass is 399 g/mol. The van der Waals surface area contributed by atoms with Gasteiger partial charge < -0.3 is 9.80 Å². The number of nitrogens with one attached hydrogen (secondary N) is 1. The van der Waals surface area contributed by atoms with Crippen LogP contribution in [0.5, 0.6) is 0 Å². The van der Waals surface area contributed by atoms with Gasteiger partial charge in [0.15, 0.2) is 0 Å². The highest BCUT2D eigenvalue weighted by Gasteiger charge is 2.51. The Morgan fingerprint density at radius 2 is 1.79 bits per heavy atom. The number of rotatable bonds is 6. The van der Waals surface area contributed by atoms with Gasteiger partial charge in [-0.1, -0.05) is 51.8 Å². The molecule has 2 unspecified atom stereocenters. The van der Waals surface area contributed by atoms with Gasteiger partial charge in [-0.05, 0) is 37.3 Å². The first-order valence-electron chi connectivity index (χ1n) is 11.2. The van der Waals surface area contributed by atoms with Crippen LogP contribution in [0.1, 0.15) is 69.3 Å². The highest BCUT2D eigenvalue weighted by atomic mass is 16.2. The molecule has 0 aromatic heterocycles. The van der Waals surface area contributed by atoms with E-state index in [0.717, 1.165) is 43.4 Å². The Balaban J connectivity index is 1.73. The molecule has 0 aliphatic carbocycles. The van der Waals surface area contributed by atoms with Crippen molar-refractivity contribution in [1.82, 2.24) is 15.1 Å². The van der Waals surface area contributed by atoms with Crippen LogP contribution in [-0.4, -0.2) is 53.0 Å². The number of piperidine rings is 1. The molecule has 1 aromatic carbocycles. The molecule has 3 rings (SSSR count). The van der Waals surface area contributed by atoms with Crippen molar-refractivity contribution in [3.8, 4) is 0 Å². The molecule has 2 amide bonds. The minimum atomic E-state index is -0.301. The van der Waals surface area contributed by atoms with E-state index in [4.69, 9.17) is 0 Å². The van der Waals surface area contributed by atoms with Crippen LogP contribution in [0.2, 0.25) is 0 Å². The summed E-state index contributed by atoms with van der Waals surface area (Å²) in [5.41, 5.74) is 1.60. The van der Waals surface area contributed by atoms with Gasteiger partial charge in [-0.25, -0.2) is 0 Å². The molecule has 5 nitrogen and oxygen atoms in total. The van der Waals surface area contributed by atoms with Crippen LogP contribution < -0.4 is 5.32 Å². The van der Waals surface area contributed by atoms with Crippen molar-refractivity contribution in [3.05, 3.63) is 35.4 Å². The van der Waals surface area contributed by atoms with Crippen molar-refractivity contribution < 1.29 is 9.59 Å². The summed E-state index contributed by atoms with van der Waals surface area (Å²) in [7, 11) is 0. The third-order valence-corrected chi connectivity index (χ3v) is 6.60. The summed E-state index contributed by atoms with van der Waals surface area (Å²) in [6.07, 6.45) is 3.51. The average molecular weight is 400 g/mol. The average Bonchev–Trinajstić information content (AvgIpc) is 2.93. The molecular weight excluding hydrogens is 362 g/mol. The molecule has 0 radical (unpaired) electrons. The van der Waals surface area contributed by atoms with E-state index in [1.54, 1.807) is 0 Å². The Labute approximate surface area is 175 Å². The first-order valence-corrected chi connectivity index (χ1v) is 11.2. The summed E-state index contributed by atoms with van der Waals surface area (Å²) >= 11 is 0. The fourth-order valence-corrected chi connectivity index (χ4v) is 4.57. The summed E-state index contributed by atoms with van der Waals surface area (Å²) in [6.45, 7) is 12.9. The van der Waals surface area contributed by atoms with E-state index in [0.29, 0.717) is 24.9 Å². The summed E-state index contributed by atoms with van der Waals surface area (Å²) in [6, 6.07) is 7.69. The van der Waals surface area contributed by atoms with E-state index >= 15 is 0 Å². The molecule has 2 saturated heterocycles. The number of hydrogen-bond acceptors (Lipinski definition) is 3. The highest BCUT2D eigenvalue weighted by molar-refractivity contribution is 5.94. The Kier molecular flexibility index (Phi) is 6.67. The zero-order chi connectivity index (χ0) is 21.2. The normalized spacial score (nSPS) is 22.6. The predicted octanol–water partition coefficient (Wildman–Crippen LogP) is 3.82. The lowest BCUT2D eigenvalue weighted by Gasteiger charge is -2.45. The minimum absolute atomic E-state index is 0.0939. The number of likely N-dealkylation sites (tertiary alicyclic amines) is 1. The quantitative estimate of drug-likeness (QED) is 0.791. The Morgan fingerprint density at radius 1 is 1.17 bits per heavy atom. The van der Waals surface area contributed by atoms with Crippen LogP contribution in [0, 0.1) is 18.8 Å². The molecule has 2 fully saturated rings. The maximum absolute atomic E-state index is 13.2. The zero-order valence-electron chi connectivity index (χ0n) is 18.7. The molecule has 1 spiro atoms. The van der Waals surface area contributed by atoms with Gasteiger partial charge in [0.1, 0.15) is 0 Å². The molecule has 160 valence electrons. The van der Waals surface area contributed by atoms with E-state index in [2.05, 4.69) is 37.9 Å². The van der Waals surface area contributed by atoms with Gasteiger partial charge >= 0.3 is 0 Å². The predicted molar refractivity (Wildman–Crippen MR) is 117 cm³/mol. The minimum Gasteiger partial charge on any atom is -0.338 e. The lowest BCUT2D eigenvalue weighted by molar-refractivity contribution is -0.134. The first-order chi connectivity index (χ1) is 13.8. The van der Waals surface area contributed by atoms with Crippen LogP contribution in [0.3, 0.4) is 0 Å². The maximum Gasteiger partial charge on any atom is 0.253 e. The van der Waals surface area contributed by atoms with Crippen molar-refractivity contribution in [2.45, 2.75) is 72.0 Å².